The third-order valence-electron chi connectivity index (χ3n) is 4.22. The zero-order valence-corrected chi connectivity index (χ0v) is 14.3. The maximum Gasteiger partial charge on any atom is 0.267 e. The summed E-state index contributed by atoms with van der Waals surface area (Å²) in [6, 6.07) is 12.9. The van der Waals surface area contributed by atoms with Gasteiger partial charge in [0.25, 0.3) is 11.5 Å². The molecule has 0 aliphatic heterocycles. The lowest BCUT2D eigenvalue weighted by atomic mass is 10.1. The van der Waals surface area contributed by atoms with E-state index < -0.39 is 17.3 Å². The number of hydrogen-bond donors (Lipinski definition) is 2. The first-order valence-corrected chi connectivity index (χ1v) is 8.40. The van der Waals surface area contributed by atoms with Gasteiger partial charge in [-0.3, -0.25) is 9.59 Å². The van der Waals surface area contributed by atoms with Crippen molar-refractivity contribution in [2.75, 3.05) is 0 Å². The molecule has 1 amide bonds. The number of nitrogens with one attached hydrogen (secondary N) is 1. The van der Waals surface area contributed by atoms with Crippen molar-refractivity contribution in [3.63, 3.8) is 0 Å². The van der Waals surface area contributed by atoms with Crippen molar-refractivity contribution in [3.8, 4) is 5.75 Å². The monoisotopic (exact) mass is 354 g/mol. The van der Waals surface area contributed by atoms with Gasteiger partial charge in [-0.2, -0.15) is 0 Å². The Balaban J connectivity index is 2.02. The molecule has 5 nitrogen and oxygen atoms in total. The minimum Gasteiger partial charge on any atom is -0.506 e. The van der Waals surface area contributed by atoms with Crippen LogP contribution in [0.1, 0.15) is 29.3 Å². The van der Waals surface area contributed by atoms with Gasteiger partial charge < -0.3 is 15.0 Å². The summed E-state index contributed by atoms with van der Waals surface area (Å²) in [4.78, 5) is 25.3. The first-order valence-electron chi connectivity index (χ1n) is 8.40. The Morgan fingerprint density at radius 1 is 1.15 bits per heavy atom. The second-order valence-corrected chi connectivity index (χ2v) is 5.97. The molecular weight excluding hydrogens is 335 g/mol. The molecule has 3 rings (SSSR count). The van der Waals surface area contributed by atoms with E-state index in [9.17, 15) is 19.1 Å². The van der Waals surface area contributed by atoms with E-state index >= 15 is 0 Å². The molecule has 26 heavy (non-hydrogen) atoms. The molecule has 0 unspecified atom stereocenters. The number of aromatic hydroxyl groups is 1. The molecule has 0 aliphatic carbocycles. The number of carbonyl (C=O) groups is 1. The van der Waals surface area contributed by atoms with E-state index in [0.717, 1.165) is 0 Å². The standard InChI is InChI=1S/C20H19FN2O3/c1-2-11-23-16-10-6-4-8-14(16)18(24)17(20(23)26)19(25)22-12-13-7-3-5-9-15(13)21/h3-10,24H,2,11-12H2,1H3,(H,22,25). The molecule has 0 radical (unpaired) electrons. The number of nitrogens with zero attached hydrogens (tertiary/aromatic N) is 1. The van der Waals surface area contributed by atoms with Crippen LogP contribution in [0, 0.1) is 5.82 Å². The zero-order chi connectivity index (χ0) is 18.7. The van der Waals surface area contributed by atoms with Gasteiger partial charge in [0.05, 0.1) is 5.52 Å². The molecule has 3 aromatic rings. The number of halogens is 1. The fourth-order valence-electron chi connectivity index (χ4n) is 2.95. The minimum absolute atomic E-state index is 0.0784. The van der Waals surface area contributed by atoms with Crippen molar-refractivity contribution in [2.45, 2.75) is 26.4 Å². The quantitative estimate of drug-likeness (QED) is 0.739. The number of hydrogen-bond acceptors (Lipinski definition) is 3. The van der Waals surface area contributed by atoms with Crippen LogP contribution < -0.4 is 10.9 Å². The van der Waals surface area contributed by atoms with Crippen LogP contribution in [0.15, 0.2) is 53.3 Å². The molecule has 2 N–H and O–H groups in total. The number of pyridine rings is 1. The smallest absolute Gasteiger partial charge is 0.267 e. The predicted octanol–water partition coefficient (Wildman–Crippen LogP) is 3.19. The lowest BCUT2D eigenvalue weighted by Gasteiger charge is -2.14. The average molecular weight is 354 g/mol. The minimum atomic E-state index is -0.730. The zero-order valence-electron chi connectivity index (χ0n) is 14.3. The third kappa shape index (κ3) is 3.18. The summed E-state index contributed by atoms with van der Waals surface area (Å²) in [7, 11) is 0. The fourth-order valence-corrected chi connectivity index (χ4v) is 2.95. The van der Waals surface area contributed by atoms with Crippen molar-refractivity contribution in [2.24, 2.45) is 0 Å². The number of para-hydroxylation sites is 1. The first-order chi connectivity index (χ1) is 12.5. The van der Waals surface area contributed by atoms with Crippen molar-refractivity contribution >= 4 is 16.8 Å². The molecule has 6 heteroatoms. The van der Waals surface area contributed by atoms with E-state index in [4.69, 9.17) is 0 Å². The van der Waals surface area contributed by atoms with Crippen LogP contribution in [-0.2, 0) is 13.1 Å². The van der Waals surface area contributed by atoms with Crippen molar-refractivity contribution < 1.29 is 14.3 Å². The number of benzene rings is 2. The van der Waals surface area contributed by atoms with E-state index in [0.29, 0.717) is 29.4 Å². The molecule has 134 valence electrons. The third-order valence-corrected chi connectivity index (χ3v) is 4.22. The summed E-state index contributed by atoms with van der Waals surface area (Å²) in [5.74, 6) is -1.53. The van der Waals surface area contributed by atoms with Crippen LogP contribution in [0.3, 0.4) is 0 Å². The highest BCUT2D eigenvalue weighted by atomic mass is 19.1. The molecule has 0 saturated heterocycles. The number of aromatic nitrogens is 1. The Morgan fingerprint density at radius 2 is 1.85 bits per heavy atom. The highest BCUT2D eigenvalue weighted by Gasteiger charge is 2.21. The Hall–Kier alpha value is -3.15. The number of rotatable bonds is 5. The Kier molecular flexibility index (Phi) is 5.02. The highest BCUT2D eigenvalue weighted by molar-refractivity contribution is 6.02. The second kappa shape index (κ2) is 7.39. The largest absolute Gasteiger partial charge is 0.506 e. The van der Waals surface area contributed by atoms with E-state index in [-0.39, 0.29) is 17.9 Å². The Labute approximate surface area is 149 Å². The number of aryl methyl sites for hydroxylation is 1. The number of fused-ring (bicyclic) bond motifs is 1. The van der Waals surface area contributed by atoms with Gasteiger partial charge in [0.1, 0.15) is 17.1 Å². The summed E-state index contributed by atoms with van der Waals surface area (Å²) in [5, 5.41) is 13.4. The van der Waals surface area contributed by atoms with Gasteiger partial charge >= 0.3 is 0 Å². The lowest BCUT2D eigenvalue weighted by molar-refractivity contribution is 0.0946. The van der Waals surface area contributed by atoms with Gasteiger partial charge in [0.2, 0.25) is 0 Å². The van der Waals surface area contributed by atoms with Crippen LogP contribution in [-0.4, -0.2) is 15.6 Å². The van der Waals surface area contributed by atoms with Gasteiger partial charge in [-0.1, -0.05) is 37.3 Å². The lowest BCUT2D eigenvalue weighted by Crippen LogP contribution is -2.33. The van der Waals surface area contributed by atoms with Crippen molar-refractivity contribution in [1.29, 1.82) is 0 Å². The second-order valence-electron chi connectivity index (χ2n) is 5.97. The summed E-state index contributed by atoms with van der Waals surface area (Å²) in [6.45, 7) is 2.27. The van der Waals surface area contributed by atoms with E-state index in [2.05, 4.69) is 5.32 Å². The van der Waals surface area contributed by atoms with Crippen molar-refractivity contribution in [3.05, 3.63) is 75.8 Å². The van der Waals surface area contributed by atoms with Gasteiger partial charge in [0, 0.05) is 24.0 Å². The van der Waals surface area contributed by atoms with Gasteiger partial charge in [-0.15, -0.1) is 0 Å². The van der Waals surface area contributed by atoms with Crippen LogP contribution in [0.5, 0.6) is 5.75 Å². The van der Waals surface area contributed by atoms with E-state index in [1.807, 2.05) is 6.92 Å². The van der Waals surface area contributed by atoms with Crippen LogP contribution in [0.4, 0.5) is 4.39 Å². The highest BCUT2D eigenvalue weighted by Crippen LogP contribution is 2.26. The van der Waals surface area contributed by atoms with E-state index in [1.54, 1.807) is 42.5 Å². The molecule has 1 aromatic heterocycles. The summed E-state index contributed by atoms with van der Waals surface area (Å²) in [6.07, 6.45) is 0.699. The van der Waals surface area contributed by atoms with E-state index in [1.165, 1.54) is 10.6 Å². The normalized spacial score (nSPS) is 10.8. The molecule has 0 atom stereocenters. The molecular formula is C20H19FN2O3. The molecule has 0 bridgehead atoms. The SMILES string of the molecule is CCCn1c(=O)c(C(=O)NCc2ccccc2F)c(O)c2ccccc21. The molecule has 1 heterocycles. The Morgan fingerprint density at radius 3 is 2.58 bits per heavy atom. The van der Waals surface area contributed by atoms with Gasteiger partial charge in [0.15, 0.2) is 0 Å². The summed E-state index contributed by atoms with van der Waals surface area (Å²) >= 11 is 0. The van der Waals surface area contributed by atoms with Crippen LogP contribution >= 0.6 is 0 Å². The maximum atomic E-state index is 13.7. The fraction of sp³-hybridized carbons (Fsp3) is 0.200. The number of carbonyl (C=O) groups excluding carboxylic acids is 1. The van der Waals surface area contributed by atoms with Crippen LogP contribution in [0.2, 0.25) is 0 Å². The van der Waals surface area contributed by atoms with Gasteiger partial charge in [-0.05, 0) is 24.6 Å². The summed E-state index contributed by atoms with van der Waals surface area (Å²) in [5.41, 5.74) is -0.0138. The average Bonchev–Trinajstić information content (AvgIpc) is 2.64. The molecule has 0 saturated carbocycles. The Bertz CT molecular complexity index is 1030. The first kappa shape index (κ1) is 17.7. The van der Waals surface area contributed by atoms with Crippen molar-refractivity contribution in [1.82, 2.24) is 9.88 Å². The maximum absolute atomic E-state index is 13.7. The van der Waals surface area contributed by atoms with Crippen LogP contribution in [0.25, 0.3) is 10.9 Å². The topological polar surface area (TPSA) is 71.3 Å². The molecule has 0 spiro atoms. The molecule has 0 fully saturated rings. The van der Waals surface area contributed by atoms with Gasteiger partial charge in [-0.25, -0.2) is 4.39 Å². The number of amides is 1. The summed E-state index contributed by atoms with van der Waals surface area (Å²) < 4.78 is 15.2. The molecule has 2 aromatic carbocycles. The molecule has 0 aliphatic rings. The predicted molar refractivity (Wildman–Crippen MR) is 97.7 cm³/mol.